The summed E-state index contributed by atoms with van der Waals surface area (Å²) < 4.78 is 0. The van der Waals surface area contributed by atoms with E-state index in [1.807, 2.05) is 18.2 Å². The van der Waals surface area contributed by atoms with Crippen LogP contribution in [-0.4, -0.2) is 47.0 Å². The Bertz CT molecular complexity index is 1100. The fourth-order valence-corrected chi connectivity index (χ4v) is 5.07. The SMILES string of the molecule is Cc1cc(N2CCN(c3ncccn3)CC2)nc2ccc(NC(=O)CC3CCCCC3)cc12. The number of aromatic nitrogens is 3. The summed E-state index contributed by atoms with van der Waals surface area (Å²) in [7, 11) is 0. The van der Waals surface area contributed by atoms with Crippen LogP contribution in [-0.2, 0) is 4.79 Å². The van der Waals surface area contributed by atoms with E-state index in [1.54, 1.807) is 12.4 Å². The van der Waals surface area contributed by atoms with Gasteiger partial charge in [-0.3, -0.25) is 4.79 Å². The number of nitrogens with zero attached hydrogens (tertiary/aromatic N) is 5. The van der Waals surface area contributed by atoms with Crippen molar-refractivity contribution in [3.63, 3.8) is 0 Å². The maximum absolute atomic E-state index is 12.5. The summed E-state index contributed by atoms with van der Waals surface area (Å²) >= 11 is 0. The molecule has 2 aliphatic rings. The Morgan fingerprint density at radius 3 is 2.48 bits per heavy atom. The molecule has 7 nitrogen and oxygen atoms in total. The smallest absolute Gasteiger partial charge is 0.225 e. The molecule has 0 spiro atoms. The zero-order valence-corrected chi connectivity index (χ0v) is 19.3. The maximum Gasteiger partial charge on any atom is 0.225 e. The van der Waals surface area contributed by atoms with Crippen molar-refractivity contribution in [3.05, 3.63) is 48.3 Å². The van der Waals surface area contributed by atoms with Crippen molar-refractivity contribution in [2.45, 2.75) is 45.4 Å². The first kappa shape index (κ1) is 21.6. The molecule has 1 saturated heterocycles. The molecule has 1 saturated carbocycles. The van der Waals surface area contributed by atoms with E-state index >= 15 is 0 Å². The molecular weight excluding hydrogens is 412 g/mol. The number of aryl methyl sites for hydroxylation is 1. The average Bonchev–Trinajstić information content (AvgIpc) is 2.85. The number of anilines is 3. The fraction of sp³-hybridized carbons (Fsp3) is 0.462. The summed E-state index contributed by atoms with van der Waals surface area (Å²) in [5.74, 6) is 2.46. The fourth-order valence-electron chi connectivity index (χ4n) is 5.07. The predicted molar refractivity (Wildman–Crippen MR) is 133 cm³/mol. The first-order valence-electron chi connectivity index (χ1n) is 12.1. The molecule has 0 bridgehead atoms. The molecule has 0 unspecified atom stereocenters. The van der Waals surface area contributed by atoms with E-state index in [4.69, 9.17) is 4.98 Å². The molecule has 2 aromatic heterocycles. The normalized spacial score (nSPS) is 17.4. The molecule has 1 amide bonds. The summed E-state index contributed by atoms with van der Waals surface area (Å²) in [5, 5.41) is 4.20. The number of hydrogen-bond donors (Lipinski definition) is 1. The van der Waals surface area contributed by atoms with Crippen LogP contribution < -0.4 is 15.1 Å². The maximum atomic E-state index is 12.5. The third kappa shape index (κ3) is 5.07. The molecule has 1 aromatic carbocycles. The molecule has 0 radical (unpaired) electrons. The number of hydrogen-bond acceptors (Lipinski definition) is 6. The molecule has 1 N–H and O–H groups in total. The lowest BCUT2D eigenvalue weighted by molar-refractivity contribution is -0.117. The van der Waals surface area contributed by atoms with Gasteiger partial charge in [0.25, 0.3) is 0 Å². The van der Waals surface area contributed by atoms with Crippen molar-refractivity contribution in [2.75, 3.05) is 41.3 Å². The van der Waals surface area contributed by atoms with Crippen LogP contribution in [0.4, 0.5) is 17.5 Å². The van der Waals surface area contributed by atoms with Gasteiger partial charge in [0.05, 0.1) is 5.52 Å². The van der Waals surface area contributed by atoms with Crippen molar-refractivity contribution < 1.29 is 4.79 Å². The number of fused-ring (bicyclic) bond motifs is 1. The Hall–Kier alpha value is -3.22. The van der Waals surface area contributed by atoms with Crippen molar-refractivity contribution in [1.82, 2.24) is 15.0 Å². The monoisotopic (exact) mass is 444 g/mol. The van der Waals surface area contributed by atoms with Gasteiger partial charge < -0.3 is 15.1 Å². The summed E-state index contributed by atoms with van der Waals surface area (Å²) in [5.41, 5.74) is 2.99. The van der Waals surface area contributed by atoms with Gasteiger partial charge in [0.2, 0.25) is 11.9 Å². The first-order valence-corrected chi connectivity index (χ1v) is 12.1. The van der Waals surface area contributed by atoms with Crippen LogP contribution in [0, 0.1) is 12.8 Å². The summed E-state index contributed by atoms with van der Waals surface area (Å²) in [4.78, 5) is 30.8. The van der Waals surface area contributed by atoms with E-state index in [2.05, 4.69) is 44.1 Å². The molecule has 5 rings (SSSR count). The Morgan fingerprint density at radius 1 is 1.00 bits per heavy atom. The van der Waals surface area contributed by atoms with E-state index in [9.17, 15) is 4.79 Å². The summed E-state index contributed by atoms with van der Waals surface area (Å²) in [6, 6.07) is 10.1. The van der Waals surface area contributed by atoms with Crippen molar-refractivity contribution in [3.8, 4) is 0 Å². The molecule has 3 heterocycles. The lowest BCUT2D eigenvalue weighted by Crippen LogP contribution is -2.47. The van der Waals surface area contributed by atoms with Gasteiger partial charge in [0.15, 0.2) is 0 Å². The zero-order chi connectivity index (χ0) is 22.6. The van der Waals surface area contributed by atoms with Crippen LogP contribution >= 0.6 is 0 Å². The van der Waals surface area contributed by atoms with Crippen LogP contribution in [0.15, 0.2) is 42.7 Å². The molecule has 1 aliphatic heterocycles. The molecule has 2 fully saturated rings. The minimum Gasteiger partial charge on any atom is -0.353 e. The van der Waals surface area contributed by atoms with E-state index in [0.717, 1.165) is 54.5 Å². The quantitative estimate of drug-likeness (QED) is 0.621. The average molecular weight is 445 g/mol. The van der Waals surface area contributed by atoms with Crippen LogP contribution in [0.3, 0.4) is 0 Å². The van der Waals surface area contributed by atoms with Gasteiger partial charge in [-0.25, -0.2) is 15.0 Å². The number of carbonyl (C=O) groups excluding carboxylic acids is 1. The highest BCUT2D eigenvalue weighted by atomic mass is 16.1. The van der Waals surface area contributed by atoms with Gasteiger partial charge in [-0.2, -0.15) is 0 Å². The van der Waals surface area contributed by atoms with Crippen molar-refractivity contribution in [2.24, 2.45) is 5.92 Å². The topological polar surface area (TPSA) is 74.2 Å². The van der Waals surface area contributed by atoms with E-state index in [1.165, 1.54) is 37.7 Å². The third-order valence-electron chi connectivity index (χ3n) is 6.92. The first-order chi connectivity index (χ1) is 16.2. The largest absolute Gasteiger partial charge is 0.353 e. The van der Waals surface area contributed by atoms with Crippen molar-refractivity contribution in [1.29, 1.82) is 0 Å². The van der Waals surface area contributed by atoms with Gasteiger partial charge in [-0.1, -0.05) is 19.3 Å². The second kappa shape index (κ2) is 9.73. The summed E-state index contributed by atoms with van der Waals surface area (Å²) in [6.07, 6.45) is 10.4. The van der Waals surface area contributed by atoms with Crippen LogP contribution in [0.1, 0.15) is 44.1 Å². The molecule has 1 aliphatic carbocycles. The highest BCUT2D eigenvalue weighted by Gasteiger charge is 2.21. The lowest BCUT2D eigenvalue weighted by Gasteiger charge is -2.35. The Morgan fingerprint density at radius 2 is 1.73 bits per heavy atom. The molecule has 33 heavy (non-hydrogen) atoms. The molecule has 0 atom stereocenters. The number of rotatable bonds is 5. The van der Waals surface area contributed by atoms with Crippen LogP contribution in [0.2, 0.25) is 0 Å². The minimum atomic E-state index is 0.128. The second-order valence-corrected chi connectivity index (χ2v) is 9.31. The van der Waals surface area contributed by atoms with E-state index < -0.39 is 0 Å². The third-order valence-corrected chi connectivity index (χ3v) is 6.92. The Kier molecular flexibility index (Phi) is 6.37. The number of benzene rings is 1. The van der Waals surface area contributed by atoms with Crippen LogP contribution in [0.25, 0.3) is 10.9 Å². The van der Waals surface area contributed by atoms with Crippen LogP contribution in [0.5, 0.6) is 0 Å². The summed E-state index contributed by atoms with van der Waals surface area (Å²) in [6.45, 7) is 5.62. The molecule has 7 heteroatoms. The Labute approximate surface area is 195 Å². The number of piperazine rings is 1. The standard InChI is InChI=1S/C26H32N6O/c1-19-16-24(31-12-14-32(15-13-31)26-27-10-5-11-28-26)30-23-9-8-21(18-22(19)23)29-25(33)17-20-6-3-2-4-7-20/h5,8-11,16,18,20H,2-4,6-7,12-15,17H2,1H3,(H,29,33). The molecular formula is C26H32N6O. The van der Waals surface area contributed by atoms with Gasteiger partial charge in [-0.05, 0) is 61.6 Å². The predicted octanol–water partition coefficient (Wildman–Crippen LogP) is 4.57. The zero-order valence-electron chi connectivity index (χ0n) is 19.3. The highest BCUT2D eigenvalue weighted by molar-refractivity contribution is 5.94. The van der Waals surface area contributed by atoms with Gasteiger partial charge in [0, 0.05) is 56.1 Å². The number of pyridine rings is 1. The lowest BCUT2D eigenvalue weighted by atomic mass is 9.87. The number of carbonyl (C=O) groups is 1. The van der Waals surface area contributed by atoms with Gasteiger partial charge in [-0.15, -0.1) is 0 Å². The van der Waals surface area contributed by atoms with Crippen molar-refractivity contribution >= 4 is 34.3 Å². The minimum absolute atomic E-state index is 0.128. The van der Waals surface area contributed by atoms with E-state index in [0.29, 0.717) is 12.3 Å². The molecule has 172 valence electrons. The van der Waals surface area contributed by atoms with Gasteiger partial charge >= 0.3 is 0 Å². The van der Waals surface area contributed by atoms with Gasteiger partial charge in [0.1, 0.15) is 5.82 Å². The number of amides is 1. The molecule has 3 aromatic rings. The second-order valence-electron chi connectivity index (χ2n) is 9.31. The highest BCUT2D eigenvalue weighted by Crippen LogP contribution is 2.28. The number of nitrogens with one attached hydrogen (secondary N) is 1. The Balaban J connectivity index is 1.25. The van der Waals surface area contributed by atoms with E-state index in [-0.39, 0.29) is 5.91 Å².